The lowest BCUT2D eigenvalue weighted by molar-refractivity contribution is 0.0601. The Kier molecular flexibility index (Phi) is 7.40. The van der Waals surface area contributed by atoms with Crippen molar-refractivity contribution >= 4 is 34.2 Å². The first-order valence-electron chi connectivity index (χ1n) is 11.7. The van der Waals surface area contributed by atoms with Crippen LogP contribution in [0.1, 0.15) is 22.3 Å². The zero-order valence-corrected chi connectivity index (χ0v) is 21.3. The average molecular weight is 489 g/mol. The fourth-order valence-corrected chi connectivity index (χ4v) is 4.27. The van der Waals surface area contributed by atoms with Gasteiger partial charge in [0.15, 0.2) is 0 Å². The van der Waals surface area contributed by atoms with Gasteiger partial charge in [-0.1, -0.05) is 18.2 Å². The van der Waals surface area contributed by atoms with E-state index in [0.717, 1.165) is 41.4 Å². The van der Waals surface area contributed by atoms with Crippen LogP contribution in [0, 0.1) is 0 Å². The average Bonchev–Trinajstić information content (AvgIpc) is 3.21. The van der Waals surface area contributed by atoms with Crippen molar-refractivity contribution in [2.75, 3.05) is 45.9 Å². The summed E-state index contributed by atoms with van der Waals surface area (Å²) in [4.78, 5) is 23.8. The van der Waals surface area contributed by atoms with E-state index < -0.39 is 5.97 Å². The first-order chi connectivity index (χ1) is 17.3. The lowest BCUT2D eigenvalue weighted by atomic mass is 10.1. The van der Waals surface area contributed by atoms with Crippen LogP contribution in [0.25, 0.3) is 22.2 Å². The zero-order valence-electron chi connectivity index (χ0n) is 21.3. The van der Waals surface area contributed by atoms with Crippen LogP contribution >= 0.6 is 0 Å². The summed E-state index contributed by atoms with van der Waals surface area (Å²) in [5.41, 5.74) is 11.3. The molecule has 0 unspecified atom stereocenters. The zero-order chi connectivity index (χ0) is 25.8. The molecule has 0 aliphatic rings. The second-order valence-corrected chi connectivity index (χ2v) is 8.90. The van der Waals surface area contributed by atoms with E-state index in [1.807, 2.05) is 54.2 Å². The van der Waals surface area contributed by atoms with Gasteiger partial charge >= 0.3 is 5.97 Å². The molecule has 4 rings (SSSR count). The van der Waals surface area contributed by atoms with Crippen LogP contribution in [0.5, 0.6) is 5.75 Å². The maximum Gasteiger partial charge on any atom is 0.341 e. The predicted octanol–water partition coefficient (Wildman–Crippen LogP) is 4.25. The number of hydrogen-bond acceptors (Lipinski definition) is 8. The molecular formula is C27H32N6O3. The number of nitrogens with zero attached hydrogens (tertiary/aromatic N) is 4. The van der Waals surface area contributed by atoms with E-state index >= 15 is 0 Å². The molecular weight excluding hydrogens is 456 g/mol. The summed E-state index contributed by atoms with van der Waals surface area (Å²) in [7, 11) is 9.01. The van der Waals surface area contributed by atoms with Crippen molar-refractivity contribution < 1.29 is 14.3 Å². The van der Waals surface area contributed by atoms with Crippen molar-refractivity contribution in [2.24, 2.45) is 7.05 Å². The minimum Gasteiger partial charge on any atom is -0.495 e. The molecule has 3 N–H and O–H groups in total. The molecule has 4 aromatic rings. The number of nitrogens with two attached hydrogens (primary N) is 1. The number of carbonyl (C=O) groups is 1. The number of aryl methyl sites for hydroxylation is 2. The number of fused-ring (bicyclic) bond motifs is 1. The molecule has 0 aliphatic heterocycles. The third kappa shape index (κ3) is 5.11. The Morgan fingerprint density at radius 2 is 1.97 bits per heavy atom. The Bertz CT molecular complexity index is 1400. The lowest BCUT2D eigenvalue weighted by Crippen LogP contribution is -2.14. The Hall–Kier alpha value is -4.11. The molecule has 0 bridgehead atoms. The highest BCUT2D eigenvalue weighted by molar-refractivity contribution is 6.02. The summed E-state index contributed by atoms with van der Waals surface area (Å²) < 4.78 is 12.6. The molecule has 0 aliphatic carbocycles. The fraction of sp³-hybridized carbons (Fsp3) is 0.296. The maximum absolute atomic E-state index is 12.6. The molecule has 188 valence electrons. The SMILES string of the molecule is COC(=O)c1cnc(Nc2cc(N)c(CCCN(C)C)cc2OC)nc1-c1cn(C)c2ccccc12. The topological polar surface area (TPSA) is 108 Å². The van der Waals surface area contributed by atoms with E-state index in [0.29, 0.717) is 28.8 Å². The van der Waals surface area contributed by atoms with Crippen molar-refractivity contribution in [1.29, 1.82) is 0 Å². The second-order valence-electron chi connectivity index (χ2n) is 8.90. The minimum absolute atomic E-state index is 0.280. The molecule has 9 nitrogen and oxygen atoms in total. The van der Waals surface area contributed by atoms with E-state index in [2.05, 4.69) is 29.3 Å². The van der Waals surface area contributed by atoms with Gasteiger partial charge in [-0.2, -0.15) is 0 Å². The van der Waals surface area contributed by atoms with Gasteiger partial charge in [-0.25, -0.2) is 14.8 Å². The molecule has 0 radical (unpaired) electrons. The molecule has 0 fully saturated rings. The van der Waals surface area contributed by atoms with Crippen LogP contribution in [0.2, 0.25) is 0 Å². The van der Waals surface area contributed by atoms with Crippen molar-refractivity contribution in [2.45, 2.75) is 12.8 Å². The Morgan fingerprint density at radius 1 is 1.19 bits per heavy atom. The summed E-state index contributed by atoms with van der Waals surface area (Å²) >= 11 is 0. The molecule has 2 aromatic heterocycles. The number of benzene rings is 2. The number of nitrogens with one attached hydrogen (secondary N) is 1. The summed E-state index contributed by atoms with van der Waals surface area (Å²) in [5, 5.41) is 4.19. The molecule has 36 heavy (non-hydrogen) atoms. The lowest BCUT2D eigenvalue weighted by Gasteiger charge is -2.16. The van der Waals surface area contributed by atoms with Gasteiger partial charge in [-0.15, -0.1) is 0 Å². The molecule has 0 saturated carbocycles. The highest BCUT2D eigenvalue weighted by atomic mass is 16.5. The molecule has 0 amide bonds. The number of rotatable bonds is 9. The number of hydrogen-bond donors (Lipinski definition) is 2. The summed E-state index contributed by atoms with van der Waals surface area (Å²) in [6.07, 6.45) is 5.25. The number of anilines is 3. The first-order valence-corrected chi connectivity index (χ1v) is 11.7. The van der Waals surface area contributed by atoms with E-state index in [9.17, 15) is 4.79 Å². The van der Waals surface area contributed by atoms with Crippen LogP contribution in [0.15, 0.2) is 48.8 Å². The highest BCUT2D eigenvalue weighted by Crippen LogP contribution is 2.35. The predicted molar refractivity (Wildman–Crippen MR) is 143 cm³/mol. The quantitative estimate of drug-likeness (QED) is 0.266. The highest BCUT2D eigenvalue weighted by Gasteiger charge is 2.21. The molecule has 2 heterocycles. The maximum atomic E-state index is 12.6. The summed E-state index contributed by atoms with van der Waals surface area (Å²) in [5.74, 6) is 0.438. The molecule has 2 aromatic carbocycles. The van der Waals surface area contributed by atoms with Gasteiger partial charge < -0.3 is 30.0 Å². The van der Waals surface area contributed by atoms with Crippen LogP contribution in [0.3, 0.4) is 0 Å². The number of para-hydroxylation sites is 1. The number of methoxy groups -OCH3 is 2. The molecule has 0 spiro atoms. The van der Waals surface area contributed by atoms with Gasteiger partial charge in [0.25, 0.3) is 0 Å². The number of aromatic nitrogens is 3. The second kappa shape index (κ2) is 10.7. The van der Waals surface area contributed by atoms with Crippen LogP contribution < -0.4 is 15.8 Å². The van der Waals surface area contributed by atoms with E-state index in [4.69, 9.17) is 20.2 Å². The van der Waals surface area contributed by atoms with E-state index in [-0.39, 0.29) is 5.56 Å². The summed E-state index contributed by atoms with van der Waals surface area (Å²) in [6.45, 7) is 0.971. The van der Waals surface area contributed by atoms with Crippen molar-refractivity contribution in [3.05, 3.63) is 59.9 Å². The number of esters is 1. The van der Waals surface area contributed by atoms with Crippen LogP contribution in [-0.4, -0.2) is 60.3 Å². The number of nitrogen functional groups attached to an aromatic ring is 1. The van der Waals surface area contributed by atoms with Crippen molar-refractivity contribution in [3.63, 3.8) is 0 Å². The van der Waals surface area contributed by atoms with E-state index in [1.54, 1.807) is 7.11 Å². The molecule has 9 heteroatoms. The number of ether oxygens (including phenoxy) is 2. The van der Waals surface area contributed by atoms with Gasteiger partial charge in [0.2, 0.25) is 5.95 Å². The Morgan fingerprint density at radius 3 is 2.69 bits per heavy atom. The van der Waals surface area contributed by atoms with E-state index in [1.165, 1.54) is 13.3 Å². The Balaban J connectivity index is 1.73. The minimum atomic E-state index is -0.506. The molecule has 0 saturated heterocycles. The first kappa shape index (κ1) is 25.0. The molecule has 0 atom stereocenters. The van der Waals surface area contributed by atoms with Crippen LogP contribution in [-0.2, 0) is 18.2 Å². The van der Waals surface area contributed by atoms with Gasteiger partial charge in [0.05, 0.1) is 25.6 Å². The largest absolute Gasteiger partial charge is 0.495 e. The summed E-state index contributed by atoms with van der Waals surface area (Å²) in [6, 6.07) is 11.7. The monoisotopic (exact) mass is 488 g/mol. The Labute approximate surface area is 210 Å². The smallest absolute Gasteiger partial charge is 0.341 e. The van der Waals surface area contributed by atoms with Gasteiger partial charge in [-0.05, 0) is 57.2 Å². The fourth-order valence-electron chi connectivity index (χ4n) is 4.27. The van der Waals surface area contributed by atoms with Gasteiger partial charge in [0.1, 0.15) is 11.3 Å². The third-order valence-electron chi connectivity index (χ3n) is 6.11. The number of carbonyl (C=O) groups excluding carboxylic acids is 1. The van der Waals surface area contributed by atoms with Gasteiger partial charge in [-0.3, -0.25) is 0 Å². The van der Waals surface area contributed by atoms with Crippen LogP contribution in [0.4, 0.5) is 17.3 Å². The normalized spacial score (nSPS) is 11.2. The standard InChI is InChI=1S/C27H32N6O3/c1-32(2)12-8-9-17-13-24(35-4)22(14-21(17)28)30-27-29-15-19(26(34)36-5)25(31-27)20-16-33(3)23-11-7-6-10-18(20)23/h6-7,10-11,13-16H,8-9,12,28H2,1-5H3,(H,29,30,31). The van der Waals surface area contributed by atoms with Crippen molar-refractivity contribution in [3.8, 4) is 17.0 Å². The van der Waals surface area contributed by atoms with Crippen molar-refractivity contribution in [1.82, 2.24) is 19.4 Å². The third-order valence-corrected chi connectivity index (χ3v) is 6.11. The van der Waals surface area contributed by atoms with Gasteiger partial charge in [0, 0.05) is 41.6 Å².